The number of hydrogen-bond acceptors (Lipinski definition) is 2. The molecule has 0 unspecified atom stereocenters. The van der Waals surface area contributed by atoms with E-state index in [1.165, 1.54) is 5.56 Å². The molecule has 1 fully saturated rings. The summed E-state index contributed by atoms with van der Waals surface area (Å²) in [5, 5.41) is 1.20. The molecule has 1 saturated carbocycles. The van der Waals surface area contributed by atoms with Crippen molar-refractivity contribution in [3.8, 4) is 0 Å². The van der Waals surface area contributed by atoms with Crippen LogP contribution in [0.1, 0.15) is 24.3 Å². The molecule has 2 rings (SSSR count). The van der Waals surface area contributed by atoms with Gasteiger partial charge in [0.25, 0.3) is 0 Å². The first-order valence-corrected chi connectivity index (χ1v) is 5.91. The van der Waals surface area contributed by atoms with Gasteiger partial charge in [-0.1, -0.05) is 29.3 Å². The van der Waals surface area contributed by atoms with Crippen molar-refractivity contribution in [2.24, 2.45) is 0 Å². The lowest BCUT2D eigenvalue weighted by atomic mass is 9.74. The molecule has 0 saturated heterocycles. The van der Waals surface area contributed by atoms with Gasteiger partial charge in [0.15, 0.2) is 5.79 Å². The van der Waals surface area contributed by atoms with Crippen molar-refractivity contribution in [3.05, 3.63) is 33.8 Å². The van der Waals surface area contributed by atoms with E-state index in [0.717, 1.165) is 12.8 Å². The van der Waals surface area contributed by atoms with Gasteiger partial charge in [0, 0.05) is 27.1 Å². The minimum absolute atomic E-state index is 0.406. The van der Waals surface area contributed by atoms with Crippen molar-refractivity contribution in [1.29, 1.82) is 0 Å². The van der Waals surface area contributed by atoms with E-state index in [4.69, 9.17) is 32.7 Å². The average molecular weight is 261 g/mol. The summed E-state index contributed by atoms with van der Waals surface area (Å²) in [6.07, 6.45) is 1.72. The van der Waals surface area contributed by atoms with Crippen LogP contribution in [0.3, 0.4) is 0 Å². The van der Waals surface area contributed by atoms with E-state index in [1.807, 2.05) is 18.2 Å². The van der Waals surface area contributed by atoms with Gasteiger partial charge in [-0.25, -0.2) is 0 Å². The molecule has 0 aromatic heterocycles. The normalized spacial score (nSPS) is 19.5. The highest BCUT2D eigenvalue weighted by atomic mass is 35.5. The van der Waals surface area contributed by atoms with Crippen LogP contribution in [-0.4, -0.2) is 20.0 Å². The first kappa shape index (κ1) is 12.2. The van der Waals surface area contributed by atoms with Crippen LogP contribution in [0.2, 0.25) is 10.0 Å². The van der Waals surface area contributed by atoms with E-state index in [9.17, 15) is 0 Å². The Kier molecular flexibility index (Phi) is 3.45. The molecule has 1 aromatic rings. The Bertz CT molecular complexity index is 381. The van der Waals surface area contributed by atoms with Gasteiger partial charge in [-0.3, -0.25) is 0 Å². The number of ether oxygens (including phenoxy) is 2. The fourth-order valence-electron chi connectivity index (χ4n) is 2.11. The Labute approximate surface area is 105 Å². The second-order valence-electron chi connectivity index (χ2n) is 4.10. The van der Waals surface area contributed by atoms with Gasteiger partial charge in [0.1, 0.15) is 0 Å². The molecule has 0 heterocycles. The van der Waals surface area contributed by atoms with Crippen LogP contribution in [0.4, 0.5) is 0 Å². The van der Waals surface area contributed by atoms with Crippen molar-refractivity contribution >= 4 is 23.2 Å². The summed E-state index contributed by atoms with van der Waals surface area (Å²) in [5.41, 5.74) is 1.19. The lowest BCUT2D eigenvalue weighted by Gasteiger charge is -2.45. The number of methoxy groups -OCH3 is 2. The van der Waals surface area contributed by atoms with Gasteiger partial charge in [0.2, 0.25) is 0 Å². The number of rotatable bonds is 3. The van der Waals surface area contributed by atoms with Crippen LogP contribution in [-0.2, 0) is 9.47 Å². The van der Waals surface area contributed by atoms with Crippen molar-refractivity contribution in [1.82, 2.24) is 0 Å². The Morgan fingerprint density at radius 3 is 2.25 bits per heavy atom. The fraction of sp³-hybridized carbons (Fsp3) is 0.500. The first-order chi connectivity index (χ1) is 7.60. The van der Waals surface area contributed by atoms with Crippen LogP contribution >= 0.6 is 23.2 Å². The third kappa shape index (κ3) is 2.07. The maximum absolute atomic E-state index is 5.98. The minimum atomic E-state index is -0.406. The molecule has 0 atom stereocenters. The van der Waals surface area contributed by atoms with Gasteiger partial charge in [-0.05, 0) is 23.6 Å². The van der Waals surface area contributed by atoms with E-state index in [0.29, 0.717) is 16.0 Å². The molecule has 0 radical (unpaired) electrons. The molecule has 0 aliphatic heterocycles. The molecule has 1 aliphatic carbocycles. The predicted octanol–water partition coefficient (Wildman–Crippen LogP) is 3.86. The average Bonchev–Trinajstić information content (AvgIpc) is 2.23. The molecule has 0 N–H and O–H groups in total. The van der Waals surface area contributed by atoms with Gasteiger partial charge in [-0.15, -0.1) is 0 Å². The predicted molar refractivity (Wildman–Crippen MR) is 65.2 cm³/mol. The van der Waals surface area contributed by atoms with Gasteiger partial charge in [-0.2, -0.15) is 0 Å². The molecular weight excluding hydrogens is 247 g/mol. The smallest absolute Gasteiger partial charge is 0.168 e. The van der Waals surface area contributed by atoms with E-state index in [-0.39, 0.29) is 0 Å². The van der Waals surface area contributed by atoms with Crippen LogP contribution in [0, 0.1) is 0 Å². The fourth-order valence-corrected chi connectivity index (χ4v) is 2.42. The van der Waals surface area contributed by atoms with Crippen molar-refractivity contribution < 1.29 is 9.47 Å². The molecule has 0 amide bonds. The minimum Gasteiger partial charge on any atom is -0.353 e. The van der Waals surface area contributed by atoms with Gasteiger partial charge in [0.05, 0.1) is 10.0 Å². The molecule has 0 bridgehead atoms. The number of halogens is 2. The summed E-state index contributed by atoms with van der Waals surface area (Å²) < 4.78 is 10.7. The molecule has 1 aliphatic rings. The van der Waals surface area contributed by atoms with Crippen LogP contribution in [0.15, 0.2) is 18.2 Å². The van der Waals surface area contributed by atoms with Crippen molar-refractivity contribution in [2.45, 2.75) is 24.5 Å². The molecule has 0 spiro atoms. The van der Waals surface area contributed by atoms with E-state index in [2.05, 4.69) is 0 Å². The maximum atomic E-state index is 5.98. The van der Waals surface area contributed by atoms with Gasteiger partial charge < -0.3 is 9.47 Å². The molecule has 2 nitrogen and oxygen atoms in total. The van der Waals surface area contributed by atoms with Crippen molar-refractivity contribution in [3.63, 3.8) is 0 Å². The molecule has 88 valence electrons. The summed E-state index contributed by atoms with van der Waals surface area (Å²) in [7, 11) is 3.35. The molecule has 1 aromatic carbocycles. The molecule has 4 heteroatoms. The zero-order chi connectivity index (χ0) is 11.8. The first-order valence-electron chi connectivity index (χ1n) is 5.15. The Balaban J connectivity index is 2.09. The lowest BCUT2D eigenvalue weighted by molar-refractivity contribution is -0.257. The van der Waals surface area contributed by atoms with Crippen molar-refractivity contribution in [2.75, 3.05) is 14.2 Å². The zero-order valence-corrected chi connectivity index (χ0v) is 10.8. The quantitative estimate of drug-likeness (QED) is 0.769. The second-order valence-corrected chi connectivity index (χ2v) is 4.91. The Morgan fingerprint density at radius 1 is 1.12 bits per heavy atom. The van der Waals surface area contributed by atoms with E-state index >= 15 is 0 Å². The number of benzene rings is 1. The maximum Gasteiger partial charge on any atom is 0.168 e. The topological polar surface area (TPSA) is 18.5 Å². The third-order valence-electron chi connectivity index (χ3n) is 3.27. The Hall–Kier alpha value is -0.280. The van der Waals surface area contributed by atoms with Gasteiger partial charge >= 0.3 is 0 Å². The summed E-state index contributed by atoms with van der Waals surface area (Å²) in [4.78, 5) is 0. The summed E-state index contributed by atoms with van der Waals surface area (Å²) in [5.74, 6) is 0.0335. The lowest BCUT2D eigenvalue weighted by Crippen LogP contribution is -2.45. The number of hydrogen-bond donors (Lipinski definition) is 0. The zero-order valence-electron chi connectivity index (χ0n) is 9.30. The monoisotopic (exact) mass is 260 g/mol. The van der Waals surface area contributed by atoms with Crippen LogP contribution in [0.5, 0.6) is 0 Å². The highest BCUT2D eigenvalue weighted by molar-refractivity contribution is 6.42. The Morgan fingerprint density at radius 2 is 1.75 bits per heavy atom. The van der Waals surface area contributed by atoms with E-state index < -0.39 is 5.79 Å². The SMILES string of the molecule is COC1(OC)CC(c2ccc(Cl)c(Cl)c2)C1. The van der Waals surface area contributed by atoms with E-state index in [1.54, 1.807) is 14.2 Å². The summed E-state index contributed by atoms with van der Waals surface area (Å²) in [6, 6.07) is 5.76. The summed E-state index contributed by atoms with van der Waals surface area (Å²) in [6.45, 7) is 0. The summed E-state index contributed by atoms with van der Waals surface area (Å²) >= 11 is 11.9. The standard InChI is InChI=1S/C12H14Cl2O2/c1-15-12(16-2)6-9(7-12)8-3-4-10(13)11(14)5-8/h3-5,9H,6-7H2,1-2H3. The highest BCUT2D eigenvalue weighted by Gasteiger charge is 2.45. The highest BCUT2D eigenvalue weighted by Crippen LogP contribution is 2.47. The second kappa shape index (κ2) is 4.53. The largest absolute Gasteiger partial charge is 0.353 e. The van der Waals surface area contributed by atoms with Crippen LogP contribution < -0.4 is 0 Å². The molecular formula is C12H14Cl2O2. The third-order valence-corrected chi connectivity index (χ3v) is 4.01. The molecule has 16 heavy (non-hydrogen) atoms. The van der Waals surface area contributed by atoms with Crippen LogP contribution in [0.25, 0.3) is 0 Å².